The van der Waals surface area contributed by atoms with Crippen molar-refractivity contribution in [3.05, 3.63) is 41.6 Å². The summed E-state index contributed by atoms with van der Waals surface area (Å²) >= 11 is 0. The number of rotatable bonds is 3. The molecule has 1 N–H and O–H groups in total. The fraction of sp³-hybridized carbons (Fsp3) is 0.214. The molecule has 18 heavy (non-hydrogen) atoms. The SMILES string of the molecule is COc1ccc(-c2ccc(C(=O)O)n2C)cc1C. The lowest BCUT2D eigenvalue weighted by molar-refractivity contribution is 0.0687. The second kappa shape index (κ2) is 4.56. The summed E-state index contributed by atoms with van der Waals surface area (Å²) in [6, 6.07) is 9.21. The highest BCUT2D eigenvalue weighted by atomic mass is 16.5. The Morgan fingerprint density at radius 2 is 2.00 bits per heavy atom. The molecule has 0 radical (unpaired) electrons. The first-order chi connectivity index (χ1) is 8.54. The number of benzene rings is 1. The number of aromatic carboxylic acids is 1. The standard InChI is InChI=1S/C14H15NO3/c1-9-8-10(4-7-13(9)18-3)11-5-6-12(14(16)17)15(11)2/h4-8H,1-3H3,(H,16,17). The van der Waals surface area contributed by atoms with Crippen LogP contribution < -0.4 is 4.74 Å². The number of carboxylic acids is 1. The van der Waals surface area contributed by atoms with Crippen LogP contribution in [0.15, 0.2) is 30.3 Å². The zero-order chi connectivity index (χ0) is 13.3. The van der Waals surface area contributed by atoms with Crippen molar-refractivity contribution in [3.63, 3.8) is 0 Å². The molecule has 0 aliphatic heterocycles. The Hall–Kier alpha value is -2.23. The van der Waals surface area contributed by atoms with Crippen molar-refractivity contribution in [1.29, 1.82) is 0 Å². The third kappa shape index (κ3) is 1.97. The Bertz CT molecular complexity index is 599. The lowest BCUT2D eigenvalue weighted by atomic mass is 10.1. The molecule has 2 rings (SSSR count). The summed E-state index contributed by atoms with van der Waals surface area (Å²) in [7, 11) is 3.38. The Morgan fingerprint density at radius 3 is 2.50 bits per heavy atom. The van der Waals surface area contributed by atoms with Crippen LogP contribution in [0, 0.1) is 6.92 Å². The third-order valence-corrected chi connectivity index (χ3v) is 3.03. The molecule has 4 nitrogen and oxygen atoms in total. The molecule has 0 bridgehead atoms. The van der Waals surface area contributed by atoms with Crippen LogP contribution in [0.3, 0.4) is 0 Å². The van der Waals surface area contributed by atoms with Crippen LogP contribution >= 0.6 is 0 Å². The zero-order valence-electron chi connectivity index (χ0n) is 10.6. The molecule has 0 atom stereocenters. The number of aryl methyl sites for hydroxylation is 1. The lowest BCUT2D eigenvalue weighted by Gasteiger charge is -2.09. The van der Waals surface area contributed by atoms with Gasteiger partial charge >= 0.3 is 5.97 Å². The molecule has 0 fully saturated rings. The number of hydrogen-bond donors (Lipinski definition) is 1. The highest BCUT2D eigenvalue weighted by Crippen LogP contribution is 2.27. The molecule has 0 saturated carbocycles. The maximum Gasteiger partial charge on any atom is 0.352 e. The quantitative estimate of drug-likeness (QED) is 0.904. The predicted molar refractivity (Wildman–Crippen MR) is 69.1 cm³/mol. The maximum atomic E-state index is 11.0. The molecule has 2 aromatic rings. The number of carbonyl (C=O) groups is 1. The van der Waals surface area contributed by atoms with Crippen LogP contribution in [-0.4, -0.2) is 22.8 Å². The van der Waals surface area contributed by atoms with Gasteiger partial charge in [0.15, 0.2) is 0 Å². The molecular formula is C14H15NO3. The third-order valence-electron chi connectivity index (χ3n) is 3.03. The van der Waals surface area contributed by atoms with Crippen LogP contribution in [0.4, 0.5) is 0 Å². The Labute approximate surface area is 105 Å². The van der Waals surface area contributed by atoms with Crippen LogP contribution in [0.2, 0.25) is 0 Å². The van der Waals surface area contributed by atoms with E-state index in [0.717, 1.165) is 22.6 Å². The van der Waals surface area contributed by atoms with E-state index in [0.29, 0.717) is 0 Å². The van der Waals surface area contributed by atoms with E-state index in [1.807, 2.05) is 31.2 Å². The van der Waals surface area contributed by atoms with Crippen molar-refractivity contribution in [2.75, 3.05) is 7.11 Å². The number of methoxy groups -OCH3 is 1. The van der Waals surface area contributed by atoms with Gasteiger partial charge < -0.3 is 14.4 Å². The van der Waals surface area contributed by atoms with Crippen molar-refractivity contribution in [2.45, 2.75) is 6.92 Å². The Balaban J connectivity index is 2.49. The van der Waals surface area contributed by atoms with E-state index in [-0.39, 0.29) is 5.69 Å². The predicted octanol–water partition coefficient (Wildman–Crippen LogP) is 2.71. The van der Waals surface area contributed by atoms with E-state index in [9.17, 15) is 4.79 Å². The van der Waals surface area contributed by atoms with Crippen molar-refractivity contribution in [2.24, 2.45) is 7.05 Å². The molecular weight excluding hydrogens is 230 g/mol. The van der Waals surface area contributed by atoms with E-state index in [2.05, 4.69) is 0 Å². The van der Waals surface area contributed by atoms with E-state index in [4.69, 9.17) is 9.84 Å². The molecule has 0 amide bonds. The first-order valence-electron chi connectivity index (χ1n) is 5.58. The molecule has 1 heterocycles. The van der Waals surface area contributed by atoms with Crippen LogP contribution in [0.1, 0.15) is 16.1 Å². The summed E-state index contributed by atoms with van der Waals surface area (Å²) in [5.41, 5.74) is 3.15. The molecule has 0 unspecified atom stereocenters. The normalized spacial score (nSPS) is 10.4. The Morgan fingerprint density at radius 1 is 1.28 bits per heavy atom. The summed E-state index contributed by atoms with van der Waals surface area (Å²) < 4.78 is 6.88. The molecule has 1 aromatic heterocycles. The van der Waals surface area contributed by atoms with Crippen molar-refractivity contribution >= 4 is 5.97 Å². The van der Waals surface area contributed by atoms with Crippen LogP contribution in [0.5, 0.6) is 5.75 Å². The molecule has 0 saturated heterocycles. The largest absolute Gasteiger partial charge is 0.496 e. The van der Waals surface area contributed by atoms with Crippen LogP contribution in [0.25, 0.3) is 11.3 Å². The van der Waals surface area contributed by atoms with Gasteiger partial charge in [0.05, 0.1) is 7.11 Å². The second-order valence-electron chi connectivity index (χ2n) is 4.15. The summed E-state index contributed by atoms with van der Waals surface area (Å²) in [6.07, 6.45) is 0. The van der Waals surface area contributed by atoms with Crippen molar-refractivity contribution in [1.82, 2.24) is 4.57 Å². The summed E-state index contributed by atoms with van der Waals surface area (Å²) in [6.45, 7) is 1.96. The molecule has 0 spiro atoms. The second-order valence-corrected chi connectivity index (χ2v) is 4.15. The first-order valence-corrected chi connectivity index (χ1v) is 5.58. The monoisotopic (exact) mass is 245 g/mol. The van der Waals surface area contributed by atoms with Gasteiger partial charge in [-0.2, -0.15) is 0 Å². The summed E-state index contributed by atoms with van der Waals surface area (Å²) in [5.74, 6) is -0.0969. The van der Waals surface area contributed by atoms with Gasteiger partial charge in [-0.1, -0.05) is 0 Å². The zero-order valence-corrected chi connectivity index (χ0v) is 10.6. The molecule has 0 aliphatic carbocycles. The van der Waals surface area contributed by atoms with Gasteiger partial charge in [-0.3, -0.25) is 0 Å². The number of ether oxygens (including phenoxy) is 1. The number of carboxylic acid groups (broad SMARTS) is 1. The van der Waals surface area contributed by atoms with Gasteiger partial charge in [-0.25, -0.2) is 4.79 Å². The van der Waals surface area contributed by atoms with Gasteiger partial charge in [0.25, 0.3) is 0 Å². The van der Waals surface area contributed by atoms with E-state index in [1.54, 1.807) is 24.8 Å². The van der Waals surface area contributed by atoms with Crippen molar-refractivity contribution in [3.8, 4) is 17.0 Å². The van der Waals surface area contributed by atoms with Gasteiger partial charge in [-0.15, -0.1) is 0 Å². The van der Waals surface area contributed by atoms with Gasteiger partial charge in [0.2, 0.25) is 0 Å². The van der Waals surface area contributed by atoms with Gasteiger partial charge in [0.1, 0.15) is 11.4 Å². The van der Waals surface area contributed by atoms with Crippen LogP contribution in [-0.2, 0) is 7.05 Å². The van der Waals surface area contributed by atoms with Crippen molar-refractivity contribution < 1.29 is 14.6 Å². The number of hydrogen-bond acceptors (Lipinski definition) is 2. The fourth-order valence-electron chi connectivity index (χ4n) is 2.05. The minimum absolute atomic E-state index is 0.276. The maximum absolute atomic E-state index is 11.0. The molecule has 1 aromatic carbocycles. The average Bonchev–Trinajstić information content (AvgIpc) is 2.71. The average molecular weight is 245 g/mol. The first kappa shape index (κ1) is 12.2. The Kier molecular flexibility index (Phi) is 3.10. The minimum Gasteiger partial charge on any atom is -0.496 e. The van der Waals surface area contributed by atoms with Gasteiger partial charge in [-0.05, 0) is 48.4 Å². The van der Waals surface area contributed by atoms with E-state index < -0.39 is 5.97 Å². The molecule has 94 valence electrons. The lowest BCUT2D eigenvalue weighted by Crippen LogP contribution is -2.05. The highest BCUT2D eigenvalue weighted by molar-refractivity contribution is 5.87. The minimum atomic E-state index is -0.922. The molecule has 0 aliphatic rings. The van der Waals surface area contributed by atoms with E-state index in [1.165, 1.54) is 0 Å². The number of nitrogens with zero attached hydrogens (tertiary/aromatic N) is 1. The smallest absolute Gasteiger partial charge is 0.352 e. The van der Waals surface area contributed by atoms with Gasteiger partial charge in [0, 0.05) is 12.7 Å². The van der Waals surface area contributed by atoms with E-state index >= 15 is 0 Å². The topological polar surface area (TPSA) is 51.5 Å². The number of aromatic nitrogens is 1. The summed E-state index contributed by atoms with van der Waals surface area (Å²) in [5, 5.41) is 9.02. The fourth-order valence-corrected chi connectivity index (χ4v) is 2.05. The molecule has 4 heteroatoms. The summed E-state index contributed by atoms with van der Waals surface area (Å²) in [4.78, 5) is 11.0. The highest BCUT2D eigenvalue weighted by Gasteiger charge is 2.12.